The average molecular weight is 286 g/mol. The third kappa shape index (κ3) is 2.89. The molecule has 2 heteroatoms. The molecule has 2 atom stereocenters. The molecular formula is C19H30N2. The van der Waals surface area contributed by atoms with Crippen LogP contribution in [-0.2, 0) is 0 Å². The van der Waals surface area contributed by atoms with Crippen molar-refractivity contribution in [2.75, 3.05) is 13.1 Å². The Morgan fingerprint density at radius 2 is 1.95 bits per heavy atom. The highest BCUT2D eigenvalue weighted by Crippen LogP contribution is 2.45. The fourth-order valence-corrected chi connectivity index (χ4v) is 4.29. The number of rotatable bonds is 5. The van der Waals surface area contributed by atoms with Gasteiger partial charge in [-0.25, -0.2) is 0 Å². The summed E-state index contributed by atoms with van der Waals surface area (Å²) in [7, 11) is 0. The van der Waals surface area contributed by atoms with E-state index in [0.717, 1.165) is 6.54 Å². The van der Waals surface area contributed by atoms with Crippen LogP contribution in [-0.4, -0.2) is 29.6 Å². The van der Waals surface area contributed by atoms with E-state index in [1.807, 2.05) is 0 Å². The molecule has 0 bridgehead atoms. The monoisotopic (exact) mass is 286 g/mol. The highest BCUT2D eigenvalue weighted by molar-refractivity contribution is 5.22. The number of nitrogens with one attached hydrogen (secondary N) is 1. The molecule has 2 unspecified atom stereocenters. The maximum Gasteiger partial charge on any atom is 0.0478 e. The van der Waals surface area contributed by atoms with Crippen LogP contribution < -0.4 is 5.32 Å². The lowest BCUT2D eigenvalue weighted by molar-refractivity contribution is -0.0455. The zero-order chi connectivity index (χ0) is 14.7. The van der Waals surface area contributed by atoms with Crippen molar-refractivity contribution < 1.29 is 0 Å². The number of hydrogen-bond donors (Lipinski definition) is 1. The van der Waals surface area contributed by atoms with Crippen LogP contribution in [0.4, 0.5) is 0 Å². The van der Waals surface area contributed by atoms with Gasteiger partial charge in [-0.15, -0.1) is 0 Å². The summed E-state index contributed by atoms with van der Waals surface area (Å²) in [5, 5.41) is 3.80. The first-order valence-corrected chi connectivity index (χ1v) is 8.84. The third-order valence-corrected chi connectivity index (χ3v) is 5.77. The summed E-state index contributed by atoms with van der Waals surface area (Å²) in [5.74, 6) is 0. The van der Waals surface area contributed by atoms with Crippen LogP contribution in [0.1, 0.15) is 64.0 Å². The minimum absolute atomic E-state index is 0.481. The predicted octanol–water partition coefficient (Wildman–Crippen LogP) is 4.13. The van der Waals surface area contributed by atoms with E-state index in [1.165, 1.54) is 50.6 Å². The van der Waals surface area contributed by atoms with Crippen LogP contribution >= 0.6 is 0 Å². The van der Waals surface area contributed by atoms with Gasteiger partial charge in [0, 0.05) is 30.7 Å². The molecule has 1 aliphatic carbocycles. The van der Waals surface area contributed by atoms with E-state index in [2.05, 4.69) is 54.4 Å². The maximum absolute atomic E-state index is 3.80. The summed E-state index contributed by atoms with van der Waals surface area (Å²) in [4.78, 5) is 2.86. The van der Waals surface area contributed by atoms with Crippen molar-refractivity contribution in [2.45, 2.75) is 70.0 Å². The smallest absolute Gasteiger partial charge is 0.0478 e. The molecule has 2 fully saturated rings. The molecule has 116 valence electrons. The van der Waals surface area contributed by atoms with E-state index in [-0.39, 0.29) is 0 Å². The Kier molecular flexibility index (Phi) is 4.66. The van der Waals surface area contributed by atoms with Crippen LogP contribution in [0.5, 0.6) is 0 Å². The molecule has 21 heavy (non-hydrogen) atoms. The van der Waals surface area contributed by atoms with Gasteiger partial charge in [-0.1, -0.05) is 50.6 Å². The van der Waals surface area contributed by atoms with E-state index in [9.17, 15) is 0 Å². The average Bonchev–Trinajstić information content (AvgIpc) is 2.48. The SMILES string of the molecule is CCCC1CN(C2(CC)CCC2)C(c2ccccc2)CN1. The standard InChI is InChI=1S/C19H30N2/c1-3-9-17-15-21(19(4-2)12-8-13-19)18(14-20-17)16-10-6-5-7-11-16/h5-7,10-11,17-18,20H,3-4,8-9,12-15H2,1-2H3. The fourth-order valence-electron chi connectivity index (χ4n) is 4.29. The zero-order valence-electron chi connectivity index (χ0n) is 13.6. The van der Waals surface area contributed by atoms with Gasteiger partial charge < -0.3 is 5.32 Å². The molecule has 1 saturated carbocycles. The highest BCUT2D eigenvalue weighted by atomic mass is 15.3. The molecule has 3 rings (SSSR count). The van der Waals surface area contributed by atoms with Crippen molar-refractivity contribution in [3.8, 4) is 0 Å². The minimum atomic E-state index is 0.481. The lowest BCUT2D eigenvalue weighted by atomic mass is 9.71. The Morgan fingerprint density at radius 1 is 1.19 bits per heavy atom. The van der Waals surface area contributed by atoms with Crippen LogP contribution in [0.3, 0.4) is 0 Å². The summed E-state index contributed by atoms with van der Waals surface area (Å²) < 4.78 is 0. The number of piperazine rings is 1. The third-order valence-electron chi connectivity index (χ3n) is 5.77. The van der Waals surface area contributed by atoms with Gasteiger partial charge >= 0.3 is 0 Å². The topological polar surface area (TPSA) is 15.3 Å². The molecule has 1 aromatic rings. The van der Waals surface area contributed by atoms with Crippen molar-refractivity contribution in [3.05, 3.63) is 35.9 Å². The molecular weight excluding hydrogens is 256 g/mol. The second kappa shape index (κ2) is 6.50. The predicted molar refractivity (Wildman–Crippen MR) is 89.5 cm³/mol. The first-order valence-electron chi connectivity index (χ1n) is 8.84. The zero-order valence-corrected chi connectivity index (χ0v) is 13.6. The largest absolute Gasteiger partial charge is 0.311 e. The number of hydrogen-bond acceptors (Lipinski definition) is 2. The summed E-state index contributed by atoms with van der Waals surface area (Å²) >= 11 is 0. The molecule has 1 saturated heterocycles. The molecule has 0 amide bonds. The number of nitrogens with zero attached hydrogens (tertiary/aromatic N) is 1. The van der Waals surface area contributed by atoms with Crippen molar-refractivity contribution >= 4 is 0 Å². The van der Waals surface area contributed by atoms with Gasteiger partial charge in [0.15, 0.2) is 0 Å². The van der Waals surface area contributed by atoms with Crippen molar-refractivity contribution in [1.82, 2.24) is 10.2 Å². The fraction of sp³-hybridized carbons (Fsp3) is 0.684. The molecule has 1 N–H and O–H groups in total. The molecule has 0 aromatic heterocycles. The minimum Gasteiger partial charge on any atom is -0.311 e. The molecule has 2 nitrogen and oxygen atoms in total. The lowest BCUT2D eigenvalue weighted by Crippen LogP contribution is -2.63. The second-order valence-corrected chi connectivity index (χ2v) is 6.90. The van der Waals surface area contributed by atoms with Crippen LogP contribution in [0.2, 0.25) is 0 Å². The van der Waals surface area contributed by atoms with Gasteiger partial charge in [0.2, 0.25) is 0 Å². The Labute approximate surface area is 129 Å². The molecule has 0 spiro atoms. The Bertz CT molecular complexity index is 433. The van der Waals surface area contributed by atoms with Crippen molar-refractivity contribution in [2.24, 2.45) is 0 Å². The Balaban J connectivity index is 1.84. The van der Waals surface area contributed by atoms with Crippen molar-refractivity contribution in [3.63, 3.8) is 0 Å². The van der Waals surface area contributed by atoms with E-state index in [0.29, 0.717) is 17.6 Å². The molecule has 1 heterocycles. The number of benzene rings is 1. The molecule has 2 aliphatic rings. The van der Waals surface area contributed by atoms with Gasteiger partial charge in [0.05, 0.1) is 0 Å². The second-order valence-electron chi connectivity index (χ2n) is 6.90. The summed E-state index contributed by atoms with van der Waals surface area (Å²) in [5.41, 5.74) is 1.97. The van der Waals surface area contributed by atoms with Gasteiger partial charge in [-0.2, -0.15) is 0 Å². The van der Waals surface area contributed by atoms with E-state index in [4.69, 9.17) is 0 Å². The van der Waals surface area contributed by atoms with Crippen molar-refractivity contribution in [1.29, 1.82) is 0 Å². The molecule has 1 aromatic carbocycles. The van der Waals surface area contributed by atoms with Gasteiger partial charge in [0.1, 0.15) is 0 Å². The lowest BCUT2D eigenvalue weighted by Gasteiger charge is -2.56. The van der Waals surface area contributed by atoms with Crippen LogP contribution in [0.25, 0.3) is 0 Å². The maximum atomic E-state index is 3.80. The Hall–Kier alpha value is -0.860. The van der Waals surface area contributed by atoms with E-state index in [1.54, 1.807) is 0 Å². The van der Waals surface area contributed by atoms with E-state index >= 15 is 0 Å². The summed E-state index contributed by atoms with van der Waals surface area (Å²) in [6.07, 6.45) is 8.09. The normalized spacial score (nSPS) is 29.0. The van der Waals surface area contributed by atoms with Gasteiger partial charge in [0.25, 0.3) is 0 Å². The summed E-state index contributed by atoms with van der Waals surface area (Å²) in [6.45, 7) is 7.02. The highest BCUT2D eigenvalue weighted by Gasteiger charge is 2.46. The van der Waals surface area contributed by atoms with E-state index < -0.39 is 0 Å². The first-order chi connectivity index (χ1) is 10.3. The molecule has 1 aliphatic heterocycles. The van der Waals surface area contributed by atoms with Crippen LogP contribution in [0.15, 0.2) is 30.3 Å². The van der Waals surface area contributed by atoms with Gasteiger partial charge in [-0.3, -0.25) is 4.90 Å². The van der Waals surface area contributed by atoms with Crippen LogP contribution in [0, 0.1) is 0 Å². The molecule has 0 radical (unpaired) electrons. The quantitative estimate of drug-likeness (QED) is 0.875. The van der Waals surface area contributed by atoms with Gasteiger partial charge in [-0.05, 0) is 37.7 Å². The Morgan fingerprint density at radius 3 is 2.52 bits per heavy atom. The first kappa shape index (κ1) is 15.1. The summed E-state index contributed by atoms with van der Waals surface area (Å²) in [6, 6.07) is 12.3.